The van der Waals surface area contributed by atoms with Gasteiger partial charge in [0.1, 0.15) is 0 Å². The summed E-state index contributed by atoms with van der Waals surface area (Å²) in [6, 6.07) is 5.52. The Morgan fingerprint density at radius 1 is 1.33 bits per heavy atom. The van der Waals surface area contributed by atoms with Gasteiger partial charge in [-0.3, -0.25) is 0 Å². The minimum Gasteiger partial charge on any atom is -0.383 e. The lowest BCUT2D eigenvalue weighted by Gasteiger charge is -2.16. The Bertz CT molecular complexity index is 365. The lowest BCUT2D eigenvalue weighted by molar-refractivity contribution is -0.137. The first-order chi connectivity index (χ1) is 8.47. The Morgan fingerprint density at radius 2 is 2.06 bits per heavy atom. The molecule has 1 rings (SSSR count). The van der Waals surface area contributed by atoms with Gasteiger partial charge in [-0.1, -0.05) is 25.1 Å². The summed E-state index contributed by atoms with van der Waals surface area (Å²) in [7, 11) is 1.61. The number of rotatable bonds is 6. The Hall–Kier alpha value is -1.07. The van der Waals surface area contributed by atoms with Gasteiger partial charge in [-0.05, 0) is 18.1 Å². The fourth-order valence-electron chi connectivity index (χ4n) is 1.64. The van der Waals surface area contributed by atoms with Crippen LogP contribution < -0.4 is 5.32 Å². The number of ether oxygens (including phenoxy) is 1. The third-order valence-electron chi connectivity index (χ3n) is 2.71. The maximum atomic E-state index is 12.5. The lowest BCUT2D eigenvalue weighted by atomic mass is 10.1. The first-order valence-corrected chi connectivity index (χ1v) is 5.85. The molecule has 5 heteroatoms. The van der Waals surface area contributed by atoms with Crippen LogP contribution in [-0.4, -0.2) is 19.8 Å². The van der Waals surface area contributed by atoms with Gasteiger partial charge in [-0.2, -0.15) is 13.2 Å². The molecule has 1 unspecified atom stereocenters. The van der Waals surface area contributed by atoms with E-state index in [-0.39, 0.29) is 6.04 Å². The van der Waals surface area contributed by atoms with E-state index in [1.54, 1.807) is 13.2 Å². The zero-order valence-electron chi connectivity index (χ0n) is 10.6. The summed E-state index contributed by atoms with van der Waals surface area (Å²) in [5.74, 6) is 0. The molecule has 0 spiro atoms. The number of hydrogen-bond donors (Lipinski definition) is 1. The molecule has 1 N–H and O–H groups in total. The molecule has 1 aromatic rings. The van der Waals surface area contributed by atoms with E-state index in [0.29, 0.717) is 18.7 Å². The Labute approximate surface area is 105 Å². The van der Waals surface area contributed by atoms with Gasteiger partial charge in [0, 0.05) is 19.7 Å². The zero-order valence-corrected chi connectivity index (χ0v) is 10.6. The van der Waals surface area contributed by atoms with Crippen LogP contribution in [0.4, 0.5) is 13.2 Å². The van der Waals surface area contributed by atoms with Gasteiger partial charge in [0.05, 0.1) is 12.2 Å². The van der Waals surface area contributed by atoms with E-state index in [1.165, 1.54) is 12.1 Å². The highest BCUT2D eigenvalue weighted by Crippen LogP contribution is 2.29. The van der Waals surface area contributed by atoms with Crippen molar-refractivity contribution in [2.45, 2.75) is 32.1 Å². The van der Waals surface area contributed by atoms with E-state index < -0.39 is 11.7 Å². The smallest absolute Gasteiger partial charge is 0.383 e. The van der Waals surface area contributed by atoms with E-state index >= 15 is 0 Å². The van der Waals surface area contributed by atoms with Crippen LogP contribution in [-0.2, 0) is 17.5 Å². The van der Waals surface area contributed by atoms with Crippen molar-refractivity contribution in [2.24, 2.45) is 0 Å². The highest BCUT2D eigenvalue weighted by atomic mass is 19.4. The number of benzene rings is 1. The second kappa shape index (κ2) is 6.75. The molecule has 0 aliphatic heterocycles. The number of hydrogen-bond acceptors (Lipinski definition) is 2. The molecule has 18 heavy (non-hydrogen) atoms. The molecule has 0 saturated carbocycles. The molecule has 102 valence electrons. The van der Waals surface area contributed by atoms with Gasteiger partial charge in [-0.15, -0.1) is 0 Å². The average molecular weight is 261 g/mol. The van der Waals surface area contributed by atoms with Gasteiger partial charge in [0.25, 0.3) is 0 Å². The fraction of sp³-hybridized carbons (Fsp3) is 0.538. The molecule has 0 saturated heterocycles. The maximum absolute atomic E-state index is 12.5. The monoisotopic (exact) mass is 261 g/mol. The first kappa shape index (κ1) is 15.0. The van der Waals surface area contributed by atoms with Crippen molar-refractivity contribution in [3.05, 3.63) is 35.4 Å². The van der Waals surface area contributed by atoms with Crippen LogP contribution in [0.3, 0.4) is 0 Å². The fourth-order valence-corrected chi connectivity index (χ4v) is 1.64. The molecule has 1 aromatic carbocycles. The molecule has 2 nitrogen and oxygen atoms in total. The van der Waals surface area contributed by atoms with Gasteiger partial charge in [-0.25, -0.2) is 0 Å². The van der Waals surface area contributed by atoms with Crippen LogP contribution in [0.15, 0.2) is 24.3 Å². The topological polar surface area (TPSA) is 21.3 Å². The predicted molar refractivity (Wildman–Crippen MR) is 64.2 cm³/mol. The van der Waals surface area contributed by atoms with Crippen molar-refractivity contribution in [1.29, 1.82) is 0 Å². The van der Waals surface area contributed by atoms with Crippen molar-refractivity contribution in [3.8, 4) is 0 Å². The number of methoxy groups -OCH3 is 1. The molecule has 0 radical (unpaired) electrons. The van der Waals surface area contributed by atoms with Gasteiger partial charge in [0.15, 0.2) is 0 Å². The largest absolute Gasteiger partial charge is 0.416 e. The quantitative estimate of drug-likeness (QED) is 0.849. The third-order valence-corrected chi connectivity index (χ3v) is 2.71. The molecule has 0 aromatic heterocycles. The van der Waals surface area contributed by atoms with Crippen molar-refractivity contribution in [1.82, 2.24) is 5.32 Å². The van der Waals surface area contributed by atoms with Crippen molar-refractivity contribution in [2.75, 3.05) is 13.7 Å². The Kier molecular flexibility index (Phi) is 5.62. The molecule has 0 bridgehead atoms. The van der Waals surface area contributed by atoms with Gasteiger partial charge in [0.2, 0.25) is 0 Å². The summed E-state index contributed by atoms with van der Waals surface area (Å²) < 4.78 is 42.6. The molecule has 0 aliphatic carbocycles. The van der Waals surface area contributed by atoms with Crippen LogP contribution in [0, 0.1) is 0 Å². The minimum absolute atomic E-state index is 0.157. The van der Waals surface area contributed by atoms with E-state index in [0.717, 1.165) is 12.5 Å². The summed E-state index contributed by atoms with van der Waals surface area (Å²) in [5.41, 5.74) is 0.0148. The molecule has 0 amide bonds. The summed E-state index contributed by atoms with van der Waals surface area (Å²) >= 11 is 0. The van der Waals surface area contributed by atoms with Crippen LogP contribution in [0.1, 0.15) is 24.5 Å². The van der Waals surface area contributed by atoms with Crippen LogP contribution >= 0.6 is 0 Å². The summed E-state index contributed by atoms with van der Waals surface area (Å²) in [4.78, 5) is 0. The maximum Gasteiger partial charge on any atom is 0.416 e. The summed E-state index contributed by atoms with van der Waals surface area (Å²) in [6.45, 7) is 2.96. The molecule has 0 fully saturated rings. The second-order valence-corrected chi connectivity index (χ2v) is 4.14. The third kappa shape index (κ3) is 4.66. The first-order valence-electron chi connectivity index (χ1n) is 5.85. The zero-order chi connectivity index (χ0) is 13.6. The van der Waals surface area contributed by atoms with Crippen LogP contribution in [0.5, 0.6) is 0 Å². The molecule has 0 aliphatic rings. The number of alkyl halides is 3. The average Bonchev–Trinajstić information content (AvgIpc) is 2.34. The number of nitrogens with one attached hydrogen (secondary N) is 1. The summed E-state index contributed by atoms with van der Waals surface area (Å²) in [6.07, 6.45) is -3.42. The molecular weight excluding hydrogens is 243 g/mol. The predicted octanol–water partition coefficient (Wildman–Crippen LogP) is 3.22. The van der Waals surface area contributed by atoms with Gasteiger partial charge >= 0.3 is 6.18 Å². The van der Waals surface area contributed by atoms with E-state index in [4.69, 9.17) is 4.74 Å². The Balaban J connectivity index is 2.62. The highest BCUT2D eigenvalue weighted by Gasteiger charge is 2.30. The lowest BCUT2D eigenvalue weighted by Crippen LogP contribution is -2.32. The highest BCUT2D eigenvalue weighted by molar-refractivity contribution is 5.25. The Morgan fingerprint density at radius 3 is 2.61 bits per heavy atom. The van der Waals surface area contributed by atoms with E-state index in [2.05, 4.69) is 5.32 Å². The molecule has 1 atom stereocenters. The molecule has 0 heterocycles. The van der Waals surface area contributed by atoms with Gasteiger partial charge < -0.3 is 10.1 Å². The van der Waals surface area contributed by atoms with Crippen LogP contribution in [0.2, 0.25) is 0 Å². The van der Waals surface area contributed by atoms with E-state index in [1.807, 2.05) is 6.92 Å². The van der Waals surface area contributed by atoms with Crippen molar-refractivity contribution >= 4 is 0 Å². The van der Waals surface area contributed by atoms with Crippen molar-refractivity contribution < 1.29 is 17.9 Å². The minimum atomic E-state index is -4.29. The van der Waals surface area contributed by atoms with Crippen molar-refractivity contribution in [3.63, 3.8) is 0 Å². The second-order valence-electron chi connectivity index (χ2n) is 4.14. The van der Waals surface area contributed by atoms with Crippen LogP contribution in [0.25, 0.3) is 0 Å². The number of halogens is 3. The normalized spacial score (nSPS) is 13.6. The standard InChI is InChI=1S/C13H18F3NO/c1-3-12(9-18-2)17-8-10-5-4-6-11(7-10)13(14,15)16/h4-7,12,17H,3,8-9H2,1-2H3. The molecular formula is C13H18F3NO. The summed E-state index contributed by atoms with van der Waals surface area (Å²) in [5, 5.41) is 3.17. The van der Waals surface area contributed by atoms with E-state index in [9.17, 15) is 13.2 Å². The SMILES string of the molecule is CCC(COC)NCc1cccc(C(F)(F)F)c1.